The highest BCUT2D eigenvalue weighted by Gasteiger charge is 2.17. The maximum absolute atomic E-state index is 13.2. The Bertz CT molecular complexity index is 836. The number of hydrogen-bond acceptors (Lipinski definition) is 4. The van der Waals surface area contributed by atoms with Crippen molar-refractivity contribution in [1.82, 2.24) is 14.8 Å². The molecule has 122 valence electrons. The topological polar surface area (TPSA) is 69.0 Å². The number of carbonyl (C=O) groups excluding carboxylic acids is 1. The number of nitrogens with one attached hydrogen (secondary N) is 1. The van der Waals surface area contributed by atoms with Gasteiger partial charge in [0.1, 0.15) is 11.6 Å². The second-order valence-corrected chi connectivity index (χ2v) is 5.03. The minimum atomic E-state index is -0.808. The van der Waals surface area contributed by atoms with Gasteiger partial charge in [-0.05, 0) is 37.3 Å². The van der Waals surface area contributed by atoms with Crippen LogP contribution >= 0.6 is 0 Å². The Kier molecular flexibility index (Phi) is 4.51. The van der Waals surface area contributed by atoms with Gasteiger partial charge in [0.2, 0.25) is 0 Å². The van der Waals surface area contributed by atoms with Gasteiger partial charge >= 0.3 is 0 Å². The van der Waals surface area contributed by atoms with Crippen molar-refractivity contribution in [3.8, 4) is 11.6 Å². The second kappa shape index (κ2) is 6.91. The first-order chi connectivity index (χ1) is 11.6. The molecule has 0 aliphatic rings. The quantitative estimate of drug-likeness (QED) is 0.783. The molecule has 2 heterocycles. The van der Waals surface area contributed by atoms with Gasteiger partial charge in [-0.15, -0.1) is 0 Å². The highest BCUT2D eigenvalue weighted by molar-refractivity contribution is 5.95. The second-order valence-electron chi connectivity index (χ2n) is 5.03. The normalized spacial score (nSPS) is 11.8. The maximum atomic E-state index is 13.2. The number of carbonyl (C=O) groups is 1. The average molecular weight is 326 g/mol. The number of halogens is 1. The minimum Gasteiger partial charge on any atom is -0.481 e. The molecule has 3 aromatic rings. The number of rotatable bonds is 5. The van der Waals surface area contributed by atoms with Gasteiger partial charge in [0.25, 0.3) is 5.91 Å². The van der Waals surface area contributed by atoms with Gasteiger partial charge in [-0.2, -0.15) is 5.10 Å². The Balaban J connectivity index is 1.73. The van der Waals surface area contributed by atoms with E-state index in [1.54, 1.807) is 54.5 Å². The highest BCUT2D eigenvalue weighted by atomic mass is 19.1. The van der Waals surface area contributed by atoms with Gasteiger partial charge in [-0.25, -0.2) is 14.1 Å². The van der Waals surface area contributed by atoms with Crippen LogP contribution in [0.3, 0.4) is 0 Å². The van der Waals surface area contributed by atoms with Gasteiger partial charge in [0.05, 0.1) is 5.69 Å². The molecule has 0 aliphatic carbocycles. The molecule has 1 amide bonds. The lowest BCUT2D eigenvalue weighted by atomic mass is 10.3. The summed E-state index contributed by atoms with van der Waals surface area (Å²) in [7, 11) is 0. The minimum absolute atomic E-state index is 0.288. The zero-order valence-electron chi connectivity index (χ0n) is 12.9. The van der Waals surface area contributed by atoms with E-state index in [1.165, 1.54) is 18.2 Å². The smallest absolute Gasteiger partial charge is 0.265 e. The van der Waals surface area contributed by atoms with Crippen LogP contribution in [0, 0.1) is 5.82 Å². The summed E-state index contributed by atoms with van der Waals surface area (Å²) in [5.41, 5.74) is 0.501. The van der Waals surface area contributed by atoms with E-state index in [9.17, 15) is 9.18 Å². The molecule has 1 atom stereocenters. The van der Waals surface area contributed by atoms with Gasteiger partial charge < -0.3 is 10.1 Å². The first-order valence-corrected chi connectivity index (χ1v) is 7.31. The first-order valence-electron chi connectivity index (χ1n) is 7.31. The molecule has 6 nitrogen and oxygen atoms in total. The number of nitrogens with zero attached hydrogens (tertiary/aromatic N) is 3. The van der Waals surface area contributed by atoms with Crippen molar-refractivity contribution >= 4 is 11.6 Å². The SMILES string of the molecule is C[C@H](Oc1cccc(F)c1)C(=O)Nc1cccnc1-n1cccn1. The van der Waals surface area contributed by atoms with Crippen LogP contribution in [0.25, 0.3) is 5.82 Å². The molecular formula is C17H15FN4O2. The third-order valence-electron chi connectivity index (χ3n) is 3.24. The van der Waals surface area contributed by atoms with E-state index in [4.69, 9.17) is 4.74 Å². The molecule has 1 aromatic carbocycles. The Hall–Kier alpha value is -3.22. The summed E-state index contributed by atoms with van der Waals surface area (Å²) >= 11 is 0. The Morgan fingerprint density at radius 2 is 2.12 bits per heavy atom. The standard InChI is InChI=1S/C17H15FN4O2/c1-12(24-14-6-2-5-13(18)11-14)17(23)21-15-7-3-8-19-16(15)22-10-4-9-20-22/h2-12H,1H3,(H,21,23)/t12-/m0/s1. The molecule has 0 spiro atoms. The van der Waals surface area contributed by atoms with Crippen LogP contribution in [0.15, 0.2) is 61.1 Å². The molecule has 7 heteroatoms. The summed E-state index contributed by atoms with van der Waals surface area (Å²) in [6.45, 7) is 1.59. The summed E-state index contributed by atoms with van der Waals surface area (Å²) in [5.74, 6) is -0.0149. The van der Waals surface area contributed by atoms with E-state index < -0.39 is 11.9 Å². The molecule has 0 aliphatic heterocycles. The lowest BCUT2D eigenvalue weighted by Crippen LogP contribution is -2.30. The Morgan fingerprint density at radius 1 is 1.25 bits per heavy atom. The Morgan fingerprint density at radius 3 is 2.88 bits per heavy atom. The molecule has 1 N–H and O–H groups in total. The molecule has 0 radical (unpaired) electrons. The van der Waals surface area contributed by atoms with Crippen LogP contribution in [-0.4, -0.2) is 26.8 Å². The molecular weight excluding hydrogens is 311 g/mol. The Labute approximate surface area is 137 Å². The fraction of sp³-hybridized carbons (Fsp3) is 0.118. The summed E-state index contributed by atoms with van der Waals surface area (Å²) in [6.07, 6.45) is 4.15. The van der Waals surface area contributed by atoms with Crippen LogP contribution < -0.4 is 10.1 Å². The molecule has 0 saturated carbocycles. The first kappa shape index (κ1) is 15.7. The molecule has 0 fully saturated rings. The van der Waals surface area contributed by atoms with Gasteiger partial charge in [0.15, 0.2) is 11.9 Å². The number of pyridine rings is 1. The van der Waals surface area contributed by atoms with E-state index in [1.807, 2.05) is 0 Å². The van der Waals surface area contributed by atoms with Crippen molar-refractivity contribution < 1.29 is 13.9 Å². The monoisotopic (exact) mass is 326 g/mol. The molecule has 3 rings (SSSR count). The third kappa shape index (κ3) is 3.57. The lowest BCUT2D eigenvalue weighted by Gasteiger charge is -2.16. The van der Waals surface area contributed by atoms with Gasteiger partial charge in [-0.3, -0.25) is 4.79 Å². The van der Waals surface area contributed by atoms with Crippen molar-refractivity contribution in [1.29, 1.82) is 0 Å². The largest absolute Gasteiger partial charge is 0.481 e. The van der Waals surface area contributed by atoms with E-state index in [0.717, 1.165) is 0 Å². The number of amides is 1. The number of benzene rings is 1. The van der Waals surface area contributed by atoms with Crippen molar-refractivity contribution in [2.45, 2.75) is 13.0 Å². The van der Waals surface area contributed by atoms with E-state index in [2.05, 4.69) is 15.4 Å². The molecule has 0 saturated heterocycles. The maximum Gasteiger partial charge on any atom is 0.265 e. The zero-order valence-corrected chi connectivity index (χ0v) is 12.9. The summed E-state index contributed by atoms with van der Waals surface area (Å²) in [6, 6.07) is 10.8. The van der Waals surface area contributed by atoms with Gasteiger partial charge in [-0.1, -0.05) is 6.07 Å². The van der Waals surface area contributed by atoms with Crippen molar-refractivity contribution in [2.75, 3.05) is 5.32 Å². The van der Waals surface area contributed by atoms with Gasteiger partial charge in [0, 0.05) is 24.7 Å². The number of aromatic nitrogens is 3. The van der Waals surface area contributed by atoms with Crippen molar-refractivity contribution in [3.63, 3.8) is 0 Å². The molecule has 2 aromatic heterocycles. The number of hydrogen-bond donors (Lipinski definition) is 1. The number of anilines is 1. The van der Waals surface area contributed by atoms with E-state index >= 15 is 0 Å². The molecule has 24 heavy (non-hydrogen) atoms. The van der Waals surface area contributed by atoms with E-state index in [-0.39, 0.29) is 11.7 Å². The van der Waals surface area contributed by atoms with Crippen molar-refractivity contribution in [3.05, 3.63) is 66.9 Å². The summed E-state index contributed by atoms with van der Waals surface area (Å²) in [4.78, 5) is 16.6. The summed E-state index contributed by atoms with van der Waals surface area (Å²) in [5, 5.41) is 6.86. The van der Waals surface area contributed by atoms with E-state index in [0.29, 0.717) is 11.5 Å². The lowest BCUT2D eigenvalue weighted by molar-refractivity contribution is -0.122. The fourth-order valence-electron chi connectivity index (χ4n) is 2.10. The molecule has 0 unspecified atom stereocenters. The van der Waals surface area contributed by atoms with Crippen LogP contribution in [0.5, 0.6) is 5.75 Å². The summed E-state index contributed by atoms with van der Waals surface area (Å²) < 4.78 is 20.2. The fourth-order valence-corrected chi connectivity index (χ4v) is 2.10. The van der Waals surface area contributed by atoms with Crippen molar-refractivity contribution in [2.24, 2.45) is 0 Å². The average Bonchev–Trinajstić information content (AvgIpc) is 3.09. The predicted molar refractivity (Wildman–Crippen MR) is 86.5 cm³/mol. The van der Waals surface area contributed by atoms with Crippen LogP contribution in [-0.2, 0) is 4.79 Å². The molecule has 0 bridgehead atoms. The van der Waals surface area contributed by atoms with Crippen LogP contribution in [0.1, 0.15) is 6.92 Å². The highest BCUT2D eigenvalue weighted by Crippen LogP contribution is 2.18. The predicted octanol–water partition coefficient (Wildman–Crippen LogP) is 2.81. The third-order valence-corrected chi connectivity index (χ3v) is 3.24. The zero-order chi connectivity index (χ0) is 16.9. The number of ether oxygens (including phenoxy) is 1. The van der Waals surface area contributed by atoms with Crippen LogP contribution in [0.4, 0.5) is 10.1 Å². The van der Waals surface area contributed by atoms with Crippen LogP contribution in [0.2, 0.25) is 0 Å².